The number of hydrogen-bond acceptors (Lipinski definition) is 5. The van der Waals surface area contributed by atoms with Crippen LogP contribution in [0, 0.1) is 0 Å². The van der Waals surface area contributed by atoms with Crippen LogP contribution in [0.1, 0.15) is 27.7 Å². The second-order valence-electron chi connectivity index (χ2n) is 5.53. The fourth-order valence-electron chi connectivity index (χ4n) is 1.93. The minimum atomic E-state index is -3.22. The first-order valence-electron chi connectivity index (χ1n) is 6.69. The van der Waals surface area contributed by atoms with Gasteiger partial charge in [0.25, 0.3) is 0 Å². The van der Waals surface area contributed by atoms with Crippen LogP contribution in [0.5, 0.6) is 0 Å². The number of nitrogens with one attached hydrogen (secondary N) is 2. The van der Waals surface area contributed by atoms with E-state index >= 15 is 0 Å². The van der Waals surface area contributed by atoms with Crippen LogP contribution in [0.3, 0.4) is 0 Å². The average Bonchev–Trinajstić information content (AvgIpc) is 2.22. The second-order valence-corrected chi connectivity index (χ2v) is 7.28. The summed E-state index contributed by atoms with van der Waals surface area (Å²) >= 11 is 0. The molecule has 7 heteroatoms. The Hall–Kier alpha value is -0.210. The lowest BCUT2D eigenvalue weighted by molar-refractivity contribution is 0.115. The highest BCUT2D eigenvalue weighted by atomic mass is 32.2. The number of nitrogens with zero attached hydrogens (tertiary/aromatic N) is 1. The van der Waals surface area contributed by atoms with Crippen molar-refractivity contribution in [2.24, 2.45) is 0 Å². The molecule has 0 amide bonds. The zero-order valence-corrected chi connectivity index (χ0v) is 13.5. The van der Waals surface area contributed by atoms with Gasteiger partial charge in [0.1, 0.15) is 0 Å². The Morgan fingerprint density at radius 3 is 2.21 bits per heavy atom. The van der Waals surface area contributed by atoms with Gasteiger partial charge in [-0.1, -0.05) is 13.8 Å². The lowest BCUT2D eigenvalue weighted by Gasteiger charge is -2.27. The second kappa shape index (κ2) is 8.16. The fraction of sp³-hybridized carbons (Fsp3) is 1.00. The van der Waals surface area contributed by atoms with Crippen LogP contribution >= 0.6 is 0 Å². The van der Waals surface area contributed by atoms with Gasteiger partial charge < -0.3 is 15.3 Å². The number of aliphatic hydroxyl groups is 1. The van der Waals surface area contributed by atoms with E-state index in [9.17, 15) is 13.5 Å². The lowest BCUT2D eigenvalue weighted by atomic mass is 10.1. The molecule has 116 valence electrons. The predicted octanol–water partition coefficient (Wildman–Crippen LogP) is -0.393. The van der Waals surface area contributed by atoms with Crippen molar-refractivity contribution in [1.82, 2.24) is 14.9 Å². The Morgan fingerprint density at radius 1 is 1.26 bits per heavy atom. The van der Waals surface area contributed by atoms with E-state index in [-0.39, 0.29) is 0 Å². The molecule has 0 radical (unpaired) electrons. The zero-order chi connectivity index (χ0) is 15.1. The van der Waals surface area contributed by atoms with Gasteiger partial charge in [-0.25, -0.2) is 13.1 Å². The Balaban J connectivity index is 4.01. The smallest absolute Gasteiger partial charge is 0.209 e. The van der Waals surface area contributed by atoms with Crippen molar-refractivity contribution in [3.63, 3.8) is 0 Å². The van der Waals surface area contributed by atoms with Crippen LogP contribution in [-0.4, -0.2) is 69.0 Å². The SMILES string of the molecule is CCN(CC)CC(O)CNCC(C)(C)NS(C)(=O)=O. The first-order chi connectivity index (χ1) is 8.59. The summed E-state index contributed by atoms with van der Waals surface area (Å²) in [5.74, 6) is 0. The van der Waals surface area contributed by atoms with Gasteiger partial charge in [0.15, 0.2) is 0 Å². The van der Waals surface area contributed by atoms with Gasteiger partial charge in [0, 0.05) is 25.2 Å². The van der Waals surface area contributed by atoms with E-state index < -0.39 is 21.7 Å². The van der Waals surface area contributed by atoms with E-state index in [1.54, 1.807) is 13.8 Å². The molecule has 0 aliphatic heterocycles. The highest BCUT2D eigenvalue weighted by Crippen LogP contribution is 2.02. The van der Waals surface area contributed by atoms with Crippen molar-refractivity contribution < 1.29 is 13.5 Å². The molecule has 0 saturated heterocycles. The maximum Gasteiger partial charge on any atom is 0.209 e. The molecule has 0 heterocycles. The molecule has 0 aromatic heterocycles. The number of hydrogen-bond donors (Lipinski definition) is 3. The van der Waals surface area contributed by atoms with Crippen LogP contribution in [0.25, 0.3) is 0 Å². The zero-order valence-electron chi connectivity index (χ0n) is 12.7. The van der Waals surface area contributed by atoms with E-state index in [0.717, 1.165) is 19.3 Å². The molecular formula is C12H29N3O3S. The maximum absolute atomic E-state index is 11.2. The fourth-order valence-corrected chi connectivity index (χ4v) is 3.01. The summed E-state index contributed by atoms with van der Waals surface area (Å²) < 4.78 is 24.9. The normalized spacial score (nSPS) is 14.9. The van der Waals surface area contributed by atoms with Crippen molar-refractivity contribution in [2.45, 2.75) is 39.3 Å². The van der Waals surface area contributed by atoms with Crippen LogP contribution in [0.15, 0.2) is 0 Å². The topological polar surface area (TPSA) is 81.7 Å². The Morgan fingerprint density at radius 2 is 1.79 bits per heavy atom. The molecular weight excluding hydrogens is 266 g/mol. The summed E-state index contributed by atoms with van der Waals surface area (Å²) in [5.41, 5.74) is -0.567. The summed E-state index contributed by atoms with van der Waals surface area (Å²) in [4.78, 5) is 2.15. The third kappa shape index (κ3) is 10.3. The molecule has 0 spiro atoms. The summed E-state index contributed by atoms with van der Waals surface area (Å²) in [5, 5.41) is 13.0. The molecule has 6 nitrogen and oxygen atoms in total. The van der Waals surface area contributed by atoms with Crippen LogP contribution in [0.4, 0.5) is 0 Å². The number of likely N-dealkylation sites (N-methyl/N-ethyl adjacent to an activating group) is 1. The summed E-state index contributed by atoms with van der Waals surface area (Å²) in [6.07, 6.45) is 0.693. The molecule has 0 fully saturated rings. The standard InChI is InChI=1S/C12H29N3O3S/c1-6-15(7-2)9-11(16)8-13-10-12(3,4)14-19(5,17)18/h11,13-14,16H,6-10H2,1-5H3. The molecule has 0 saturated carbocycles. The highest BCUT2D eigenvalue weighted by Gasteiger charge is 2.22. The van der Waals surface area contributed by atoms with Gasteiger partial charge in [-0.15, -0.1) is 0 Å². The van der Waals surface area contributed by atoms with E-state index in [0.29, 0.717) is 19.6 Å². The molecule has 0 aliphatic carbocycles. The number of aliphatic hydroxyl groups excluding tert-OH is 1. The predicted molar refractivity (Wildman–Crippen MR) is 78.7 cm³/mol. The number of sulfonamides is 1. The van der Waals surface area contributed by atoms with Gasteiger partial charge in [0.05, 0.1) is 12.4 Å². The van der Waals surface area contributed by atoms with Crippen molar-refractivity contribution in [3.8, 4) is 0 Å². The van der Waals surface area contributed by atoms with Crippen molar-refractivity contribution in [3.05, 3.63) is 0 Å². The largest absolute Gasteiger partial charge is 0.390 e. The van der Waals surface area contributed by atoms with Gasteiger partial charge in [0.2, 0.25) is 10.0 Å². The third-order valence-corrected chi connectivity index (χ3v) is 3.70. The maximum atomic E-state index is 11.2. The molecule has 0 aliphatic rings. The highest BCUT2D eigenvalue weighted by molar-refractivity contribution is 7.88. The van der Waals surface area contributed by atoms with Crippen LogP contribution in [-0.2, 0) is 10.0 Å². The summed E-state index contributed by atoms with van der Waals surface area (Å²) in [6.45, 7) is 11.1. The van der Waals surface area contributed by atoms with Gasteiger partial charge in [-0.2, -0.15) is 0 Å². The van der Waals surface area contributed by atoms with Crippen LogP contribution in [0.2, 0.25) is 0 Å². The molecule has 19 heavy (non-hydrogen) atoms. The van der Waals surface area contributed by atoms with E-state index in [1.165, 1.54) is 0 Å². The minimum absolute atomic E-state index is 0.450. The summed E-state index contributed by atoms with van der Waals surface area (Å²) in [7, 11) is -3.22. The third-order valence-electron chi connectivity index (χ3n) is 2.77. The van der Waals surface area contributed by atoms with Crippen molar-refractivity contribution in [1.29, 1.82) is 0 Å². The first-order valence-corrected chi connectivity index (χ1v) is 8.59. The van der Waals surface area contributed by atoms with Crippen molar-refractivity contribution >= 4 is 10.0 Å². The number of rotatable bonds is 10. The van der Waals surface area contributed by atoms with Crippen LogP contribution < -0.4 is 10.0 Å². The van der Waals surface area contributed by atoms with Gasteiger partial charge in [-0.3, -0.25) is 0 Å². The van der Waals surface area contributed by atoms with Gasteiger partial charge in [-0.05, 0) is 26.9 Å². The molecule has 0 aromatic rings. The lowest BCUT2D eigenvalue weighted by Crippen LogP contribution is -2.51. The van der Waals surface area contributed by atoms with E-state index in [4.69, 9.17) is 0 Å². The molecule has 0 bridgehead atoms. The van der Waals surface area contributed by atoms with E-state index in [1.807, 2.05) is 0 Å². The molecule has 3 N–H and O–H groups in total. The first kappa shape index (κ1) is 18.8. The Labute approximate surface area is 117 Å². The molecule has 1 atom stereocenters. The quantitative estimate of drug-likeness (QED) is 0.511. The van der Waals surface area contributed by atoms with E-state index in [2.05, 4.69) is 28.8 Å². The monoisotopic (exact) mass is 295 g/mol. The average molecular weight is 295 g/mol. The molecule has 0 rings (SSSR count). The molecule has 1 unspecified atom stereocenters. The van der Waals surface area contributed by atoms with Crippen molar-refractivity contribution in [2.75, 3.05) is 39.0 Å². The molecule has 0 aromatic carbocycles. The summed E-state index contributed by atoms with van der Waals surface area (Å²) in [6, 6.07) is 0. The minimum Gasteiger partial charge on any atom is -0.390 e. The Kier molecular flexibility index (Phi) is 8.07. The Bertz CT molecular complexity index is 340. The van der Waals surface area contributed by atoms with Gasteiger partial charge >= 0.3 is 0 Å².